The number of benzene rings is 4. The van der Waals surface area contributed by atoms with E-state index in [0.29, 0.717) is 0 Å². The fraction of sp³-hybridized carbons (Fsp3) is 0.314. The minimum atomic E-state index is -0.121. The van der Waals surface area contributed by atoms with Gasteiger partial charge in [-0.2, -0.15) is 0 Å². The lowest BCUT2D eigenvalue weighted by Crippen LogP contribution is -2.27. The van der Waals surface area contributed by atoms with E-state index in [1.807, 2.05) is 50.2 Å². The maximum Gasteiger partial charge on any atom is 0.127 e. The average molecular weight is 519 g/mol. The van der Waals surface area contributed by atoms with Gasteiger partial charge in [-0.3, -0.25) is 0 Å². The Morgan fingerprint density at radius 1 is 0.513 bits per heavy atom. The summed E-state index contributed by atoms with van der Waals surface area (Å²) in [7, 11) is 0. The Balaban J connectivity index is 1.45. The Labute approximate surface area is 232 Å². The van der Waals surface area contributed by atoms with Crippen molar-refractivity contribution in [1.82, 2.24) is 0 Å². The lowest BCUT2D eigenvalue weighted by Gasteiger charge is -2.30. The minimum absolute atomic E-state index is 0.0360. The smallest absolute Gasteiger partial charge is 0.127 e. The first-order valence-corrected chi connectivity index (χ1v) is 13.8. The molecule has 0 heterocycles. The average Bonchev–Trinajstić information content (AvgIpc) is 3.23. The van der Waals surface area contributed by atoms with E-state index in [2.05, 4.69) is 64.1 Å². The molecule has 4 nitrogen and oxygen atoms in total. The topological polar surface area (TPSA) is 70.5 Å². The monoisotopic (exact) mass is 518 g/mol. The molecule has 0 aromatic heterocycles. The molecule has 0 saturated heterocycles. The molecule has 0 saturated carbocycles. The van der Waals surface area contributed by atoms with E-state index in [1.165, 1.54) is 22.3 Å². The number of fused-ring (bicyclic) bond motifs is 4. The molecule has 0 amide bonds. The van der Waals surface area contributed by atoms with Crippen LogP contribution in [0.15, 0.2) is 72.8 Å². The van der Waals surface area contributed by atoms with Gasteiger partial charge in [0.25, 0.3) is 0 Å². The van der Waals surface area contributed by atoms with Gasteiger partial charge in [0, 0.05) is 16.8 Å². The zero-order valence-electron chi connectivity index (χ0n) is 23.8. The summed E-state index contributed by atoms with van der Waals surface area (Å²) in [4.78, 5) is 0. The largest absolute Gasteiger partial charge is 0.457 e. The summed E-state index contributed by atoms with van der Waals surface area (Å²) in [6.07, 6.45) is 2.08. The van der Waals surface area contributed by atoms with Crippen LogP contribution in [-0.4, -0.2) is 0 Å². The molecule has 4 aromatic carbocycles. The van der Waals surface area contributed by atoms with Gasteiger partial charge in [0.2, 0.25) is 0 Å². The maximum atomic E-state index is 6.38. The normalized spacial score (nSPS) is 17.6. The lowest BCUT2D eigenvalue weighted by molar-refractivity contribution is 0.349. The molecule has 0 bridgehead atoms. The molecule has 0 unspecified atom stereocenters. The van der Waals surface area contributed by atoms with E-state index in [1.54, 1.807) is 0 Å². The Morgan fingerprint density at radius 3 is 1.26 bits per heavy atom. The first-order valence-electron chi connectivity index (χ1n) is 13.8. The van der Waals surface area contributed by atoms with Crippen molar-refractivity contribution < 1.29 is 9.47 Å². The van der Waals surface area contributed by atoms with Gasteiger partial charge in [-0.15, -0.1) is 0 Å². The molecule has 0 atom stereocenters. The van der Waals surface area contributed by atoms with E-state index in [0.717, 1.165) is 58.3 Å². The SMILES string of the molecule is Cc1cc(Oc2ccc3c(c2)C2(CC3(C)C)CC(C)(C)c3ccc(Oc4ccc(N)c(C)c4)cc32)ccc1N. The van der Waals surface area contributed by atoms with Crippen LogP contribution in [0.5, 0.6) is 23.0 Å². The molecule has 6 rings (SSSR count). The third-order valence-corrected chi connectivity index (χ3v) is 8.91. The van der Waals surface area contributed by atoms with E-state index >= 15 is 0 Å². The van der Waals surface area contributed by atoms with Crippen LogP contribution in [-0.2, 0) is 16.2 Å². The number of ether oxygens (including phenoxy) is 2. The molecular weight excluding hydrogens is 480 g/mol. The number of nitrogens with two attached hydrogens (primary N) is 2. The molecule has 2 aliphatic rings. The van der Waals surface area contributed by atoms with Gasteiger partial charge in [0.1, 0.15) is 23.0 Å². The van der Waals surface area contributed by atoms with Crippen molar-refractivity contribution in [2.75, 3.05) is 11.5 Å². The molecule has 4 aromatic rings. The highest BCUT2D eigenvalue weighted by Gasteiger charge is 2.56. The first kappa shape index (κ1) is 25.4. The maximum absolute atomic E-state index is 6.38. The quantitative estimate of drug-likeness (QED) is 0.265. The van der Waals surface area contributed by atoms with Crippen LogP contribution in [0.2, 0.25) is 0 Å². The highest BCUT2D eigenvalue weighted by atomic mass is 16.5. The molecule has 0 aliphatic heterocycles. The van der Waals surface area contributed by atoms with Gasteiger partial charge in [-0.1, -0.05) is 39.8 Å². The van der Waals surface area contributed by atoms with Crippen LogP contribution in [0.4, 0.5) is 11.4 Å². The molecule has 200 valence electrons. The van der Waals surface area contributed by atoms with Gasteiger partial charge in [0.15, 0.2) is 0 Å². The van der Waals surface area contributed by atoms with Crippen LogP contribution in [0.25, 0.3) is 0 Å². The van der Waals surface area contributed by atoms with Crippen molar-refractivity contribution in [2.45, 2.75) is 70.6 Å². The second-order valence-corrected chi connectivity index (χ2v) is 12.9. The van der Waals surface area contributed by atoms with Gasteiger partial charge < -0.3 is 20.9 Å². The molecule has 1 spiro atoms. The number of rotatable bonds is 4. The second-order valence-electron chi connectivity index (χ2n) is 12.9. The zero-order valence-corrected chi connectivity index (χ0v) is 23.8. The van der Waals surface area contributed by atoms with Crippen molar-refractivity contribution in [3.8, 4) is 23.0 Å². The summed E-state index contributed by atoms with van der Waals surface area (Å²) < 4.78 is 12.8. The molecule has 4 N–H and O–H groups in total. The molecule has 0 radical (unpaired) electrons. The Hall–Kier alpha value is -3.92. The first-order chi connectivity index (χ1) is 18.4. The molecule has 4 heteroatoms. The molecule has 2 aliphatic carbocycles. The summed E-state index contributed by atoms with van der Waals surface area (Å²) in [5.74, 6) is 3.31. The standard InChI is InChI=1S/C35H38N2O2/c1-21-15-23(9-13-31(21)36)38-25-7-11-27-29(17-25)35(19-33(27,3)4)20-34(5,6)28-12-8-26(18-30(28)35)39-24-10-14-32(37)22(2)16-24/h7-18H,19-20,36-37H2,1-6H3. The predicted octanol–water partition coefficient (Wildman–Crippen LogP) is 8.70. The highest BCUT2D eigenvalue weighted by Crippen LogP contribution is 2.63. The van der Waals surface area contributed by atoms with E-state index < -0.39 is 0 Å². The van der Waals surface area contributed by atoms with Crippen molar-refractivity contribution >= 4 is 11.4 Å². The number of nitrogen functional groups attached to an aromatic ring is 2. The van der Waals surface area contributed by atoms with E-state index in [9.17, 15) is 0 Å². The van der Waals surface area contributed by atoms with Crippen LogP contribution < -0.4 is 20.9 Å². The summed E-state index contributed by atoms with van der Waals surface area (Å²) >= 11 is 0. The number of anilines is 2. The van der Waals surface area contributed by atoms with E-state index in [-0.39, 0.29) is 16.2 Å². The van der Waals surface area contributed by atoms with Gasteiger partial charge in [-0.05, 0) is 132 Å². The third kappa shape index (κ3) is 4.14. The fourth-order valence-corrected chi connectivity index (χ4v) is 7.13. The molecular formula is C35H38N2O2. The van der Waals surface area contributed by atoms with Crippen molar-refractivity contribution in [2.24, 2.45) is 0 Å². The van der Waals surface area contributed by atoms with E-state index in [4.69, 9.17) is 20.9 Å². The highest BCUT2D eigenvalue weighted by molar-refractivity contribution is 5.62. The van der Waals surface area contributed by atoms with Gasteiger partial charge >= 0.3 is 0 Å². The summed E-state index contributed by atoms with van der Waals surface area (Å²) in [6, 6.07) is 25.0. The summed E-state index contributed by atoms with van der Waals surface area (Å²) in [6.45, 7) is 13.5. The van der Waals surface area contributed by atoms with Gasteiger partial charge in [-0.25, -0.2) is 0 Å². The van der Waals surface area contributed by atoms with Crippen LogP contribution >= 0.6 is 0 Å². The van der Waals surface area contributed by atoms with Crippen molar-refractivity contribution in [3.63, 3.8) is 0 Å². The summed E-state index contributed by atoms with van der Waals surface area (Å²) in [5, 5.41) is 0. The molecule has 39 heavy (non-hydrogen) atoms. The Morgan fingerprint density at radius 2 is 0.872 bits per heavy atom. The third-order valence-electron chi connectivity index (χ3n) is 8.91. The zero-order chi connectivity index (χ0) is 27.7. The predicted molar refractivity (Wildman–Crippen MR) is 160 cm³/mol. The van der Waals surface area contributed by atoms with Crippen LogP contribution in [0.3, 0.4) is 0 Å². The molecule has 0 fully saturated rings. The minimum Gasteiger partial charge on any atom is -0.457 e. The van der Waals surface area contributed by atoms with Gasteiger partial charge in [0.05, 0.1) is 0 Å². The fourth-order valence-electron chi connectivity index (χ4n) is 7.13. The number of aryl methyl sites for hydroxylation is 2. The number of hydrogen-bond acceptors (Lipinski definition) is 4. The van der Waals surface area contributed by atoms with Crippen LogP contribution in [0, 0.1) is 13.8 Å². The van der Waals surface area contributed by atoms with Crippen molar-refractivity contribution in [1.29, 1.82) is 0 Å². The number of hydrogen-bond donors (Lipinski definition) is 2. The second kappa shape index (κ2) is 8.54. The van der Waals surface area contributed by atoms with Crippen LogP contribution in [0.1, 0.15) is 73.9 Å². The summed E-state index contributed by atoms with van der Waals surface area (Å²) in [5.41, 5.74) is 21.1. The van der Waals surface area contributed by atoms with Crippen molar-refractivity contribution in [3.05, 3.63) is 106 Å². The Kier molecular flexibility index (Phi) is 5.55. The Bertz CT molecular complexity index is 1490. The lowest BCUT2D eigenvalue weighted by atomic mass is 9.72.